The van der Waals surface area contributed by atoms with E-state index in [0.717, 1.165) is 11.4 Å². The van der Waals surface area contributed by atoms with Gasteiger partial charge in [-0.1, -0.05) is 13.8 Å². The predicted octanol–water partition coefficient (Wildman–Crippen LogP) is 1.28. The highest BCUT2D eigenvalue weighted by atomic mass is 16.1. The lowest BCUT2D eigenvalue weighted by Crippen LogP contribution is -2.32. The molecule has 0 atom stereocenters. The maximum Gasteiger partial charge on any atom is 0.223 e. The summed E-state index contributed by atoms with van der Waals surface area (Å²) in [7, 11) is 0. The van der Waals surface area contributed by atoms with Crippen LogP contribution in [0.5, 0.6) is 0 Å². The Hall–Kier alpha value is -1.65. The van der Waals surface area contributed by atoms with Gasteiger partial charge in [0, 0.05) is 30.4 Å². The van der Waals surface area contributed by atoms with E-state index in [9.17, 15) is 4.79 Å². The Labute approximate surface area is 102 Å². The van der Waals surface area contributed by atoms with Gasteiger partial charge in [-0.25, -0.2) is 9.97 Å². The molecule has 1 amide bonds. The molecule has 0 fully saturated rings. The molecule has 0 aliphatic rings. The van der Waals surface area contributed by atoms with E-state index in [0.29, 0.717) is 19.0 Å². The molecule has 1 rings (SSSR count). The minimum atomic E-state index is 0.0208. The molecule has 1 aromatic rings. The Kier molecular flexibility index (Phi) is 4.87. The fraction of sp³-hybridized carbons (Fsp3) is 0.583. The van der Waals surface area contributed by atoms with Crippen LogP contribution in [0.1, 0.15) is 25.2 Å². The van der Waals surface area contributed by atoms with E-state index >= 15 is 0 Å². The molecule has 0 unspecified atom stereocenters. The number of aromatic nitrogens is 2. The Morgan fingerprint density at radius 2 is 1.82 bits per heavy atom. The normalized spacial score (nSPS) is 10.4. The molecule has 0 spiro atoms. The van der Waals surface area contributed by atoms with Gasteiger partial charge in [0.2, 0.25) is 11.9 Å². The highest BCUT2D eigenvalue weighted by Crippen LogP contribution is 2.02. The molecule has 0 bridgehead atoms. The average molecular weight is 236 g/mol. The van der Waals surface area contributed by atoms with Gasteiger partial charge < -0.3 is 10.6 Å². The van der Waals surface area contributed by atoms with Crippen LogP contribution in [-0.4, -0.2) is 29.0 Å². The zero-order valence-electron chi connectivity index (χ0n) is 10.9. The zero-order chi connectivity index (χ0) is 12.8. The number of nitrogens with zero attached hydrogens (tertiary/aromatic N) is 2. The molecule has 17 heavy (non-hydrogen) atoms. The van der Waals surface area contributed by atoms with Crippen LogP contribution in [0.3, 0.4) is 0 Å². The van der Waals surface area contributed by atoms with Crippen LogP contribution >= 0.6 is 0 Å². The average Bonchev–Trinajstić information content (AvgIpc) is 2.22. The first-order valence-electron chi connectivity index (χ1n) is 5.83. The van der Waals surface area contributed by atoms with Gasteiger partial charge >= 0.3 is 0 Å². The lowest BCUT2D eigenvalue weighted by atomic mass is 10.2. The highest BCUT2D eigenvalue weighted by molar-refractivity contribution is 5.77. The summed E-state index contributed by atoms with van der Waals surface area (Å²) in [6.07, 6.45) is 0. The summed E-state index contributed by atoms with van der Waals surface area (Å²) in [6, 6.07) is 1.92. The van der Waals surface area contributed by atoms with Gasteiger partial charge in [-0.15, -0.1) is 0 Å². The van der Waals surface area contributed by atoms with Gasteiger partial charge in [-0.05, 0) is 19.9 Å². The molecule has 5 heteroatoms. The van der Waals surface area contributed by atoms with Crippen LogP contribution in [0, 0.1) is 19.8 Å². The minimum absolute atomic E-state index is 0.0208. The van der Waals surface area contributed by atoms with Crippen molar-refractivity contribution in [1.29, 1.82) is 0 Å². The highest BCUT2D eigenvalue weighted by Gasteiger charge is 2.05. The van der Waals surface area contributed by atoms with Gasteiger partial charge in [0.25, 0.3) is 0 Å². The first kappa shape index (κ1) is 13.4. The van der Waals surface area contributed by atoms with Crippen molar-refractivity contribution in [2.24, 2.45) is 5.92 Å². The van der Waals surface area contributed by atoms with E-state index in [-0.39, 0.29) is 11.8 Å². The number of rotatable bonds is 5. The summed E-state index contributed by atoms with van der Waals surface area (Å²) in [6.45, 7) is 8.81. The van der Waals surface area contributed by atoms with E-state index in [2.05, 4.69) is 20.6 Å². The Bertz CT molecular complexity index is 370. The smallest absolute Gasteiger partial charge is 0.223 e. The first-order chi connectivity index (χ1) is 7.99. The fourth-order valence-corrected chi connectivity index (χ4v) is 1.37. The topological polar surface area (TPSA) is 66.9 Å². The number of nitrogens with one attached hydrogen (secondary N) is 2. The lowest BCUT2D eigenvalue weighted by molar-refractivity contribution is -0.123. The number of carbonyl (C=O) groups is 1. The second kappa shape index (κ2) is 6.18. The van der Waals surface area contributed by atoms with Gasteiger partial charge in [0.1, 0.15) is 0 Å². The van der Waals surface area contributed by atoms with E-state index in [1.54, 1.807) is 0 Å². The zero-order valence-corrected chi connectivity index (χ0v) is 10.9. The molecular weight excluding hydrogens is 216 g/mol. The second-order valence-corrected chi connectivity index (χ2v) is 4.35. The Morgan fingerprint density at radius 1 is 1.24 bits per heavy atom. The number of carbonyl (C=O) groups excluding carboxylic acids is 1. The van der Waals surface area contributed by atoms with E-state index in [4.69, 9.17) is 0 Å². The Balaban J connectivity index is 2.33. The molecule has 0 saturated heterocycles. The molecular formula is C12H20N4O. The van der Waals surface area contributed by atoms with Crippen LogP contribution in [0.4, 0.5) is 5.95 Å². The minimum Gasteiger partial charge on any atom is -0.354 e. The van der Waals surface area contributed by atoms with Gasteiger partial charge in [-0.3, -0.25) is 4.79 Å². The predicted molar refractivity (Wildman–Crippen MR) is 67.8 cm³/mol. The van der Waals surface area contributed by atoms with Crippen LogP contribution in [0.25, 0.3) is 0 Å². The fourth-order valence-electron chi connectivity index (χ4n) is 1.37. The Morgan fingerprint density at radius 3 is 2.35 bits per heavy atom. The van der Waals surface area contributed by atoms with Crippen molar-refractivity contribution in [3.05, 3.63) is 17.5 Å². The van der Waals surface area contributed by atoms with Crippen LogP contribution in [0.2, 0.25) is 0 Å². The van der Waals surface area contributed by atoms with Crippen LogP contribution < -0.4 is 10.6 Å². The summed E-state index contributed by atoms with van der Waals surface area (Å²) in [5, 5.41) is 5.91. The van der Waals surface area contributed by atoms with E-state index in [1.165, 1.54) is 0 Å². The van der Waals surface area contributed by atoms with Crippen molar-refractivity contribution in [1.82, 2.24) is 15.3 Å². The molecule has 94 valence electrons. The maximum atomic E-state index is 11.3. The van der Waals surface area contributed by atoms with E-state index < -0.39 is 0 Å². The van der Waals surface area contributed by atoms with Crippen molar-refractivity contribution in [2.75, 3.05) is 18.4 Å². The third kappa shape index (κ3) is 4.80. The van der Waals surface area contributed by atoms with Crippen molar-refractivity contribution >= 4 is 11.9 Å². The molecule has 1 heterocycles. The SMILES string of the molecule is Cc1cc(C)nc(NCCNC(=O)C(C)C)n1. The second-order valence-electron chi connectivity index (χ2n) is 4.35. The third-order valence-corrected chi connectivity index (χ3v) is 2.21. The van der Waals surface area contributed by atoms with Gasteiger partial charge in [0.15, 0.2) is 0 Å². The summed E-state index contributed by atoms with van der Waals surface area (Å²) >= 11 is 0. The number of aryl methyl sites for hydroxylation is 2. The molecule has 0 aromatic carbocycles. The quantitative estimate of drug-likeness (QED) is 0.756. The standard InChI is InChI=1S/C12H20N4O/c1-8(2)11(17)13-5-6-14-12-15-9(3)7-10(4)16-12/h7-8H,5-6H2,1-4H3,(H,13,17)(H,14,15,16). The number of anilines is 1. The number of hydrogen-bond donors (Lipinski definition) is 2. The molecule has 0 aliphatic heterocycles. The molecule has 0 aliphatic carbocycles. The van der Waals surface area contributed by atoms with Crippen molar-refractivity contribution in [2.45, 2.75) is 27.7 Å². The summed E-state index contributed by atoms with van der Waals surface area (Å²) in [4.78, 5) is 19.8. The van der Waals surface area contributed by atoms with Crippen molar-refractivity contribution < 1.29 is 4.79 Å². The lowest BCUT2D eigenvalue weighted by Gasteiger charge is -2.09. The first-order valence-corrected chi connectivity index (χ1v) is 5.83. The maximum absolute atomic E-state index is 11.3. The summed E-state index contributed by atoms with van der Waals surface area (Å²) in [5.74, 6) is 0.696. The molecule has 0 saturated carbocycles. The molecule has 5 nitrogen and oxygen atoms in total. The number of amides is 1. The third-order valence-electron chi connectivity index (χ3n) is 2.21. The largest absolute Gasteiger partial charge is 0.354 e. The molecule has 1 aromatic heterocycles. The molecule has 2 N–H and O–H groups in total. The summed E-state index contributed by atoms with van der Waals surface area (Å²) in [5.41, 5.74) is 1.87. The number of hydrogen-bond acceptors (Lipinski definition) is 4. The van der Waals surface area contributed by atoms with Crippen molar-refractivity contribution in [3.63, 3.8) is 0 Å². The van der Waals surface area contributed by atoms with Gasteiger partial charge in [0.05, 0.1) is 0 Å². The monoisotopic (exact) mass is 236 g/mol. The summed E-state index contributed by atoms with van der Waals surface area (Å²) < 4.78 is 0. The van der Waals surface area contributed by atoms with Crippen LogP contribution in [0.15, 0.2) is 6.07 Å². The van der Waals surface area contributed by atoms with Crippen LogP contribution in [-0.2, 0) is 4.79 Å². The van der Waals surface area contributed by atoms with E-state index in [1.807, 2.05) is 33.8 Å². The van der Waals surface area contributed by atoms with Crippen molar-refractivity contribution in [3.8, 4) is 0 Å². The van der Waals surface area contributed by atoms with Gasteiger partial charge in [-0.2, -0.15) is 0 Å². The molecule has 0 radical (unpaired) electrons.